The van der Waals surface area contributed by atoms with E-state index in [1.807, 2.05) is 13.8 Å². The molecule has 1 N–H and O–H groups in total. The van der Waals surface area contributed by atoms with Gasteiger partial charge in [-0.1, -0.05) is 29.8 Å². The fourth-order valence-corrected chi connectivity index (χ4v) is 1.85. The van der Waals surface area contributed by atoms with Crippen LogP contribution >= 0.6 is 0 Å². The number of hydrogen-bond acceptors (Lipinski definition) is 3. The van der Waals surface area contributed by atoms with Crippen molar-refractivity contribution >= 4 is 5.97 Å². The highest BCUT2D eigenvalue weighted by Crippen LogP contribution is 2.15. The van der Waals surface area contributed by atoms with Crippen LogP contribution in [0.15, 0.2) is 24.3 Å². The lowest BCUT2D eigenvalue weighted by Crippen LogP contribution is -2.37. The molecule has 0 aliphatic heterocycles. The van der Waals surface area contributed by atoms with Crippen LogP contribution in [0.3, 0.4) is 0 Å². The van der Waals surface area contributed by atoms with Crippen molar-refractivity contribution in [2.75, 3.05) is 20.2 Å². The van der Waals surface area contributed by atoms with Crippen LogP contribution in [0.4, 0.5) is 0 Å². The molecule has 0 bridgehead atoms. The van der Waals surface area contributed by atoms with Crippen LogP contribution in [0, 0.1) is 12.3 Å². The predicted octanol–water partition coefficient (Wildman–Crippen LogP) is 2.33. The Hall–Kier alpha value is -1.35. The Kier molecular flexibility index (Phi) is 5.35. The van der Waals surface area contributed by atoms with E-state index in [1.54, 1.807) is 0 Å². The molecule has 3 nitrogen and oxygen atoms in total. The standard InChI is InChI=1S/C15H23NO2/c1-12-6-5-7-13(10-12)8-9-16-11-15(2,3)14(17)18-4/h5-7,10,16H,8-9,11H2,1-4H3. The largest absolute Gasteiger partial charge is 0.469 e. The first-order chi connectivity index (χ1) is 8.45. The molecule has 3 heteroatoms. The summed E-state index contributed by atoms with van der Waals surface area (Å²) in [4.78, 5) is 11.5. The van der Waals surface area contributed by atoms with Crippen LogP contribution < -0.4 is 5.32 Å². The lowest BCUT2D eigenvalue weighted by Gasteiger charge is -2.21. The first-order valence-corrected chi connectivity index (χ1v) is 6.30. The van der Waals surface area contributed by atoms with Gasteiger partial charge in [0.05, 0.1) is 12.5 Å². The molecule has 0 saturated heterocycles. The van der Waals surface area contributed by atoms with Crippen molar-refractivity contribution < 1.29 is 9.53 Å². The van der Waals surface area contributed by atoms with Crippen LogP contribution in [0.25, 0.3) is 0 Å². The van der Waals surface area contributed by atoms with E-state index >= 15 is 0 Å². The van der Waals surface area contributed by atoms with E-state index in [2.05, 4.69) is 36.5 Å². The molecule has 0 fully saturated rings. The normalized spacial score (nSPS) is 11.3. The summed E-state index contributed by atoms with van der Waals surface area (Å²) in [5.41, 5.74) is 2.13. The second-order valence-electron chi connectivity index (χ2n) is 5.29. The number of rotatable bonds is 6. The quantitative estimate of drug-likeness (QED) is 0.621. The summed E-state index contributed by atoms with van der Waals surface area (Å²) in [6.45, 7) is 7.36. The molecule has 0 radical (unpaired) electrons. The molecule has 1 rings (SSSR count). The summed E-state index contributed by atoms with van der Waals surface area (Å²) in [7, 11) is 1.43. The summed E-state index contributed by atoms with van der Waals surface area (Å²) in [5, 5.41) is 3.31. The molecule has 100 valence electrons. The Balaban J connectivity index is 2.33. The average Bonchev–Trinajstić information content (AvgIpc) is 2.33. The maximum atomic E-state index is 11.5. The van der Waals surface area contributed by atoms with Crippen LogP contribution in [-0.2, 0) is 16.0 Å². The third-order valence-electron chi connectivity index (χ3n) is 2.98. The van der Waals surface area contributed by atoms with Gasteiger partial charge in [0.25, 0.3) is 0 Å². The van der Waals surface area contributed by atoms with Gasteiger partial charge in [-0.25, -0.2) is 0 Å². The van der Waals surface area contributed by atoms with Crippen LogP contribution in [0.2, 0.25) is 0 Å². The number of hydrogen-bond donors (Lipinski definition) is 1. The van der Waals surface area contributed by atoms with Gasteiger partial charge in [-0.3, -0.25) is 4.79 Å². The van der Waals surface area contributed by atoms with E-state index in [0.29, 0.717) is 6.54 Å². The topological polar surface area (TPSA) is 38.3 Å². The fraction of sp³-hybridized carbons (Fsp3) is 0.533. The van der Waals surface area contributed by atoms with Gasteiger partial charge in [0.2, 0.25) is 0 Å². The van der Waals surface area contributed by atoms with Crippen molar-refractivity contribution in [3.05, 3.63) is 35.4 Å². The number of nitrogens with one attached hydrogen (secondary N) is 1. The molecule has 1 aromatic rings. The zero-order valence-corrected chi connectivity index (χ0v) is 11.7. The van der Waals surface area contributed by atoms with Crippen molar-refractivity contribution in [3.8, 4) is 0 Å². The van der Waals surface area contributed by atoms with Gasteiger partial charge >= 0.3 is 5.97 Å². The predicted molar refractivity (Wildman–Crippen MR) is 73.5 cm³/mol. The molecule has 1 aromatic carbocycles. The third-order valence-corrected chi connectivity index (χ3v) is 2.98. The molecule has 0 atom stereocenters. The molecule has 18 heavy (non-hydrogen) atoms. The monoisotopic (exact) mass is 249 g/mol. The minimum atomic E-state index is -0.471. The average molecular weight is 249 g/mol. The van der Waals surface area contributed by atoms with Gasteiger partial charge in [-0.05, 0) is 39.3 Å². The smallest absolute Gasteiger partial charge is 0.312 e. The molecule has 0 aliphatic rings. The van der Waals surface area contributed by atoms with Crippen molar-refractivity contribution in [1.29, 1.82) is 0 Å². The molecule has 0 amide bonds. The van der Waals surface area contributed by atoms with E-state index < -0.39 is 5.41 Å². The summed E-state index contributed by atoms with van der Waals surface area (Å²) in [6, 6.07) is 8.48. The SMILES string of the molecule is COC(=O)C(C)(C)CNCCc1cccc(C)c1. The number of carbonyl (C=O) groups is 1. The highest BCUT2D eigenvalue weighted by molar-refractivity contribution is 5.76. The Morgan fingerprint density at radius 3 is 2.72 bits per heavy atom. The molecule has 0 spiro atoms. The Bertz CT molecular complexity index is 399. The van der Waals surface area contributed by atoms with Crippen LogP contribution in [-0.4, -0.2) is 26.2 Å². The summed E-state index contributed by atoms with van der Waals surface area (Å²) < 4.78 is 4.77. The van der Waals surface area contributed by atoms with E-state index in [0.717, 1.165) is 13.0 Å². The Morgan fingerprint density at radius 1 is 1.39 bits per heavy atom. The highest BCUT2D eigenvalue weighted by Gasteiger charge is 2.27. The van der Waals surface area contributed by atoms with Crippen molar-refractivity contribution in [3.63, 3.8) is 0 Å². The third kappa shape index (κ3) is 4.49. The zero-order valence-electron chi connectivity index (χ0n) is 11.7. The van der Waals surface area contributed by atoms with Gasteiger partial charge in [0, 0.05) is 6.54 Å². The fourth-order valence-electron chi connectivity index (χ4n) is 1.85. The maximum Gasteiger partial charge on any atom is 0.312 e. The van der Waals surface area contributed by atoms with Crippen molar-refractivity contribution in [1.82, 2.24) is 5.32 Å². The van der Waals surface area contributed by atoms with Gasteiger partial charge in [0.15, 0.2) is 0 Å². The Morgan fingerprint density at radius 2 is 2.11 bits per heavy atom. The number of methoxy groups -OCH3 is 1. The minimum Gasteiger partial charge on any atom is -0.469 e. The molecule has 0 saturated carbocycles. The maximum absolute atomic E-state index is 11.5. The lowest BCUT2D eigenvalue weighted by atomic mass is 9.94. The van der Waals surface area contributed by atoms with E-state index in [9.17, 15) is 4.79 Å². The second kappa shape index (κ2) is 6.55. The molecule has 0 aliphatic carbocycles. The first kappa shape index (κ1) is 14.7. The number of carbonyl (C=O) groups excluding carboxylic acids is 1. The van der Waals surface area contributed by atoms with Gasteiger partial charge < -0.3 is 10.1 Å². The molecular formula is C15H23NO2. The van der Waals surface area contributed by atoms with Gasteiger partial charge in [-0.15, -0.1) is 0 Å². The molecule has 0 unspecified atom stereocenters. The van der Waals surface area contributed by atoms with Gasteiger partial charge in [-0.2, -0.15) is 0 Å². The van der Waals surface area contributed by atoms with Crippen molar-refractivity contribution in [2.24, 2.45) is 5.41 Å². The Labute approximate surface area is 110 Å². The second-order valence-corrected chi connectivity index (χ2v) is 5.29. The number of esters is 1. The highest BCUT2D eigenvalue weighted by atomic mass is 16.5. The van der Waals surface area contributed by atoms with E-state index in [-0.39, 0.29) is 5.97 Å². The first-order valence-electron chi connectivity index (χ1n) is 6.30. The van der Waals surface area contributed by atoms with E-state index in [1.165, 1.54) is 18.2 Å². The number of benzene rings is 1. The lowest BCUT2D eigenvalue weighted by molar-refractivity contribution is -0.150. The number of ether oxygens (including phenoxy) is 1. The summed E-state index contributed by atoms with van der Waals surface area (Å²) in [6.07, 6.45) is 0.971. The van der Waals surface area contributed by atoms with Crippen LogP contribution in [0.5, 0.6) is 0 Å². The summed E-state index contributed by atoms with van der Waals surface area (Å²) >= 11 is 0. The number of aryl methyl sites for hydroxylation is 1. The molecule has 0 aromatic heterocycles. The van der Waals surface area contributed by atoms with E-state index in [4.69, 9.17) is 4.74 Å². The zero-order chi connectivity index (χ0) is 13.6. The molecular weight excluding hydrogens is 226 g/mol. The minimum absolute atomic E-state index is 0.175. The van der Waals surface area contributed by atoms with Crippen molar-refractivity contribution in [2.45, 2.75) is 27.2 Å². The molecule has 0 heterocycles. The summed E-state index contributed by atoms with van der Waals surface area (Å²) in [5.74, 6) is -0.175. The van der Waals surface area contributed by atoms with Gasteiger partial charge in [0.1, 0.15) is 0 Å². The van der Waals surface area contributed by atoms with Crippen LogP contribution in [0.1, 0.15) is 25.0 Å².